The van der Waals surface area contributed by atoms with Crippen LogP contribution in [0.5, 0.6) is 0 Å². The van der Waals surface area contributed by atoms with Crippen LogP contribution >= 0.6 is 11.8 Å². The topological polar surface area (TPSA) is 71.5 Å². The summed E-state index contributed by atoms with van der Waals surface area (Å²) in [6.45, 7) is 2.29. The van der Waals surface area contributed by atoms with Gasteiger partial charge < -0.3 is 0 Å². The van der Waals surface area contributed by atoms with Gasteiger partial charge in [-0.15, -0.1) is 11.8 Å². The lowest BCUT2D eigenvalue weighted by atomic mass is 9.96. The van der Waals surface area contributed by atoms with Crippen LogP contribution in [0, 0.1) is 0 Å². The van der Waals surface area contributed by atoms with Crippen LogP contribution in [0.1, 0.15) is 23.1 Å². The van der Waals surface area contributed by atoms with Gasteiger partial charge in [0.25, 0.3) is 0 Å². The first-order chi connectivity index (χ1) is 17.5. The zero-order chi connectivity index (χ0) is 26.6. The minimum atomic E-state index is -3.32. The van der Waals surface area contributed by atoms with Crippen molar-refractivity contribution in [3.63, 3.8) is 0 Å². The van der Waals surface area contributed by atoms with Gasteiger partial charge in [-0.1, -0.05) is 48.6 Å². The molecule has 0 fully saturated rings. The quantitative estimate of drug-likeness (QED) is 0.346. The van der Waals surface area contributed by atoms with E-state index in [9.17, 15) is 16.8 Å². The highest BCUT2D eigenvalue weighted by molar-refractivity contribution is 7.98. The molecule has 0 spiro atoms. The van der Waals surface area contributed by atoms with Gasteiger partial charge in [-0.05, 0) is 76.9 Å². The van der Waals surface area contributed by atoms with E-state index in [4.69, 9.17) is 0 Å². The second kappa shape index (κ2) is 11.4. The molecule has 0 bridgehead atoms. The highest BCUT2D eigenvalue weighted by atomic mass is 32.2. The van der Waals surface area contributed by atoms with Gasteiger partial charge in [0, 0.05) is 37.0 Å². The van der Waals surface area contributed by atoms with Gasteiger partial charge in [0.05, 0.1) is 9.79 Å². The number of hydrogen-bond acceptors (Lipinski definition) is 6. The molecule has 0 amide bonds. The van der Waals surface area contributed by atoms with E-state index < -0.39 is 19.7 Å². The molecule has 1 aliphatic heterocycles. The van der Waals surface area contributed by atoms with Gasteiger partial charge in [-0.3, -0.25) is 4.90 Å². The van der Waals surface area contributed by atoms with E-state index in [0.717, 1.165) is 52.2 Å². The Morgan fingerprint density at radius 1 is 0.865 bits per heavy atom. The smallest absolute Gasteiger partial charge is 0.175 e. The van der Waals surface area contributed by atoms with E-state index in [1.54, 1.807) is 48.2 Å². The van der Waals surface area contributed by atoms with Gasteiger partial charge in [0.2, 0.25) is 0 Å². The molecule has 1 heterocycles. The van der Waals surface area contributed by atoms with Crippen molar-refractivity contribution in [1.82, 2.24) is 4.90 Å². The average Bonchev–Trinajstić information content (AvgIpc) is 2.88. The van der Waals surface area contributed by atoms with Crippen LogP contribution in [-0.4, -0.2) is 60.1 Å². The number of thioether (sulfide) groups is 1. The summed E-state index contributed by atoms with van der Waals surface area (Å²) in [6, 6.07) is 22.5. The molecule has 0 saturated carbocycles. The van der Waals surface area contributed by atoms with Crippen molar-refractivity contribution in [2.75, 3.05) is 38.4 Å². The van der Waals surface area contributed by atoms with Crippen molar-refractivity contribution in [2.45, 2.75) is 21.1 Å². The molecule has 1 aliphatic rings. The third-order valence-electron chi connectivity index (χ3n) is 6.43. The number of benzene rings is 3. The van der Waals surface area contributed by atoms with Crippen LogP contribution in [0.2, 0.25) is 0 Å². The van der Waals surface area contributed by atoms with E-state index in [1.165, 1.54) is 12.5 Å². The summed E-state index contributed by atoms with van der Waals surface area (Å²) >= 11 is 1.67. The van der Waals surface area contributed by atoms with Crippen LogP contribution in [0.3, 0.4) is 0 Å². The number of nitrogens with zero attached hydrogens (tertiary/aromatic N) is 1. The summed E-state index contributed by atoms with van der Waals surface area (Å²) in [4.78, 5) is 4.11. The van der Waals surface area contributed by atoms with Gasteiger partial charge in [-0.25, -0.2) is 16.8 Å². The summed E-state index contributed by atoms with van der Waals surface area (Å²) in [5.74, 6) is 0. The standard InChI is InChI=1S/C29H31NO4S3/c1-35-26-10-4-8-24(19-26)29(25-9-6-12-28(21-25)37(3,33)34)15-18-30-16-13-22(14-17-30)23-7-5-11-27(20-23)36(2,31)32/h4-13,15,19-21H,14,16-18H2,1-3H3/b29-15+. The lowest BCUT2D eigenvalue weighted by molar-refractivity contribution is 0.335. The Labute approximate surface area is 224 Å². The van der Waals surface area contributed by atoms with E-state index in [1.807, 2.05) is 24.5 Å². The maximum Gasteiger partial charge on any atom is 0.175 e. The van der Waals surface area contributed by atoms with Gasteiger partial charge in [0.15, 0.2) is 19.7 Å². The fourth-order valence-electron chi connectivity index (χ4n) is 4.37. The molecular formula is C29H31NO4S3. The average molecular weight is 554 g/mol. The number of hydrogen-bond donors (Lipinski definition) is 0. The number of sulfone groups is 2. The molecule has 0 aliphatic carbocycles. The van der Waals surface area contributed by atoms with Crippen LogP contribution < -0.4 is 0 Å². The summed E-state index contributed by atoms with van der Waals surface area (Å²) in [5.41, 5.74) is 5.01. The van der Waals surface area contributed by atoms with Crippen molar-refractivity contribution < 1.29 is 16.8 Å². The Balaban J connectivity index is 1.61. The fraction of sp³-hybridized carbons (Fsp3) is 0.241. The Kier molecular flexibility index (Phi) is 8.43. The predicted octanol–water partition coefficient (Wildman–Crippen LogP) is 5.44. The lowest BCUT2D eigenvalue weighted by Gasteiger charge is -2.26. The summed E-state index contributed by atoms with van der Waals surface area (Å²) in [7, 11) is -6.57. The van der Waals surface area contributed by atoms with E-state index in [-0.39, 0.29) is 0 Å². The zero-order valence-electron chi connectivity index (χ0n) is 21.2. The second-order valence-corrected chi connectivity index (χ2v) is 14.1. The van der Waals surface area contributed by atoms with Gasteiger partial charge in [0.1, 0.15) is 0 Å². The zero-order valence-corrected chi connectivity index (χ0v) is 23.7. The fourth-order valence-corrected chi connectivity index (χ4v) is 6.17. The molecule has 0 radical (unpaired) electrons. The first-order valence-corrected chi connectivity index (χ1v) is 16.9. The van der Waals surface area contributed by atoms with Crippen molar-refractivity contribution in [2.24, 2.45) is 0 Å². The summed E-state index contributed by atoms with van der Waals surface area (Å²) in [6.07, 6.45) is 9.65. The third-order valence-corrected chi connectivity index (χ3v) is 9.38. The third kappa shape index (κ3) is 7.02. The van der Waals surface area contributed by atoms with E-state index in [2.05, 4.69) is 35.3 Å². The monoisotopic (exact) mass is 553 g/mol. The lowest BCUT2D eigenvalue weighted by Crippen LogP contribution is -2.28. The number of rotatable bonds is 8. The van der Waals surface area contributed by atoms with Gasteiger partial charge in [-0.2, -0.15) is 0 Å². The van der Waals surface area contributed by atoms with E-state index in [0.29, 0.717) is 16.3 Å². The predicted molar refractivity (Wildman–Crippen MR) is 153 cm³/mol. The summed E-state index contributed by atoms with van der Waals surface area (Å²) < 4.78 is 48.3. The first-order valence-electron chi connectivity index (χ1n) is 11.9. The maximum absolute atomic E-state index is 12.2. The molecule has 194 valence electrons. The molecule has 5 nitrogen and oxygen atoms in total. The Morgan fingerprint density at radius 2 is 1.49 bits per heavy atom. The molecule has 37 heavy (non-hydrogen) atoms. The molecule has 0 aromatic heterocycles. The van der Waals surface area contributed by atoms with Crippen molar-refractivity contribution in [3.8, 4) is 0 Å². The molecule has 3 aromatic rings. The van der Waals surface area contributed by atoms with Crippen LogP contribution in [0.15, 0.2) is 99.6 Å². The molecule has 3 aromatic carbocycles. The molecular weight excluding hydrogens is 523 g/mol. The molecule has 0 N–H and O–H groups in total. The van der Waals surface area contributed by atoms with E-state index >= 15 is 0 Å². The second-order valence-electron chi connectivity index (χ2n) is 9.19. The normalized spacial score (nSPS) is 15.4. The van der Waals surface area contributed by atoms with Crippen LogP contribution in [0.4, 0.5) is 0 Å². The largest absolute Gasteiger partial charge is 0.296 e. The molecule has 0 unspecified atom stereocenters. The molecule has 0 saturated heterocycles. The molecule has 4 rings (SSSR count). The van der Waals surface area contributed by atoms with Crippen molar-refractivity contribution in [1.29, 1.82) is 0 Å². The Morgan fingerprint density at radius 3 is 2.11 bits per heavy atom. The highest BCUT2D eigenvalue weighted by Crippen LogP contribution is 2.29. The highest BCUT2D eigenvalue weighted by Gasteiger charge is 2.16. The minimum absolute atomic E-state index is 0.304. The maximum atomic E-state index is 12.2. The van der Waals surface area contributed by atoms with Crippen molar-refractivity contribution in [3.05, 3.63) is 102 Å². The molecule has 0 atom stereocenters. The Hall–Kier alpha value is -2.65. The van der Waals surface area contributed by atoms with Crippen LogP contribution in [0.25, 0.3) is 11.1 Å². The summed E-state index contributed by atoms with van der Waals surface area (Å²) in [5, 5.41) is 0. The molecule has 8 heteroatoms. The first kappa shape index (κ1) is 27.4. The van der Waals surface area contributed by atoms with Crippen LogP contribution in [-0.2, 0) is 19.7 Å². The van der Waals surface area contributed by atoms with Gasteiger partial charge >= 0.3 is 0 Å². The minimum Gasteiger partial charge on any atom is -0.296 e. The SMILES string of the molecule is CSc1cccc(/C(=C\CN2CC=C(c3cccc(S(C)(=O)=O)c3)CC2)c2cccc(S(C)(=O)=O)c2)c1. The Bertz CT molecular complexity index is 1570. The van der Waals surface area contributed by atoms with Crippen molar-refractivity contribution >= 4 is 42.6 Å².